The zero-order valence-corrected chi connectivity index (χ0v) is 19.0. The quantitative estimate of drug-likeness (QED) is 0.600. The highest BCUT2D eigenvalue weighted by Crippen LogP contribution is 2.36. The predicted molar refractivity (Wildman–Crippen MR) is 119 cm³/mol. The van der Waals surface area contributed by atoms with Gasteiger partial charge in [-0.1, -0.05) is 23.2 Å². The van der Waals surface area contributed by atoms with Crippen LogP contribution in [0.4, 0.5) is 21.8 Å². The molecule has 0 aliphatic carbocycles. The van der Waals surface area contributed by atoms with Crippen LogP contribution in [0.3, 0.4) is 0 Å². The molecule has 29 heavy (non-hydrogen) atoms. The molecule has 0 spiro atoms. The van der Waals surface area contributed by atoms with Gasteiger partial charge in [0.2, 0.25) is 5.95 Å². The average molecular weight is 440 g/mol. The molecule has 0 radical (unpaired) electrons. The number of halogens is 3. The van der Waals surface area contributed by atoms with Crippen LogP contribution in [0.5, 0.6) is 0 Å². The van der Waals surface area contributed by atoms with Gasteiger partial charge in [0.1, 0.15) is 0 Å². The molecule has 0 saturated carbocycles. The number of benzene rings is 1. The number of anilines is 3. The summed E-state index contributed by atoms with van der Waals surface area (Å²) in [6.07, 6.45) is 3.98. The van der Waals surface area contributed by atoms with Crippen LogP contribution in [0.1, 0.15) is 47.0 Å². The van der Waals surface area contributed by atoms with Crippen molar-refractivity contribution in [2.45, 2.75) is 64.1 Å². The lowest BCUT2D eigenvalue weighted by atomic mass is 9.92. The minimum Gasteiger partial charge on any atom is -0.365 e. The fourth-order valence-electron chi connectivity index (χ4n) is 3.96. The van der Waals surface area contributed by atoms with Gasteiger partial charge in [-0.05, 0) is 72.2 Å². The maximum absolute atomic E-state index is 14.4. The second-order valence-corrected chi connectivity index (χ2v) is 9.81. The second kappa shape index (κ2) is 8.25. The Morgan fingerprint density at radius 1 is 1.10 bits per heavy atom. The average Bonchev–Trinajstić information content (AvgIpc) is 2.67. The van der Waals surface area contributed by atoms with Crippen LogP contribution in [-0.2, 0) is 0 Å². The fourth-order valence-corrected chi connectivity index (χ4v) is 4.48. The third-order valence-corrected chi connectivity index (χ3v) is 6.31. The number of hydrogen-bond donors (Lipinski definition) is 2. The summed E-state index contributed by atoms with van der Waals surface area (Å²) in [5.41, 5.74) is 0.682. The Labute approximate surface area is 182 Å². The zero-order chi connectivity index (χ0) is 21.4. The van der Waals surface area contributed by atoms with E-state index in [1.165, 1.54) is 6.20 Å². The Hall–Kier alpha value is -1.63. The van der Waals surface area contributed by atoms with Crippen molar-refractivity contribution in [2.75, 3.05) is 17.7 Å². The summed E-state index contributed by atoms with van der Waals surface area (Å²) >= 11 is 12.1. The molecule has 5 nitrogen and oxygen atoms in total. The van der Waals surface area contributed by atoms with Crippen LogP contribution in [0.2, 0.25) is 10.0 Å². The summed E-state index contributed by atoms with van der Waals surface area (Å²) < 4.78 is 14.4. The largest absolute Gasteiger partial charge is 0.365 e. The third-order valence-electron chi connectivity index (χ3n) is 5.87. The maximum atomic E-state index is 14.4. The van der Waals surface area contributed by atoms with E-state index in [-0.39, 0.29) is 28.9 Å². The van der Waals surface area contributed by atoms with Gasteiger partial charge in [0.15, 0.2) is 11.6 Å². The highest BCUT2D eigenvalue weighted by Gasteiger charge is 2.40. The smallest absolute Gasteiger partial charge is 0.229 e. The number of nitrogens with zero attached hydrogens (tertiary/aromatic N) is 3. The van der Waals surface area contributed by atoms with Crippen LogP contribution < -0.4 is 10.6 Å². The Morgan fingerprint density at radius 2 is 1.76 bits per heavy atom. The summed E-state index contributed by atoms with van der Waals surface area (Å²) in [5.74, 6) is -0.00862. The summed E-state index contributed by atoms with van der Waals surface area (Å²) in [6.45, 7) is 8.95. The van der Waals surface area contributed by atoms with E-state index < -0.39 is 5.82 Å². The van der Waals surface area contributed by atoms with Gasteiger partial charge < -0.3 is 10.6 Å². The van der Waals surface area contributed by atoms with Crippen molar-refractivity contribution >= 4 is 40.7 Å². The van der Waals surface area contributed by atoms with E-state index in [1.807, 2.05) is 0 Å². The number of aromatic nitrogens is 2. The first-order chi connectivity index (χ1) is 13.5. The van der Waals surface area contributed by atoms with Crippen LogP contribution >= 0.6 is 23.2 Å². The number of rotatable bonds is 4. The van der Waals surface area contributed by atoms with E-state index in [1.54, 1.807) is 18.2 Å². The Balaban J connectivity index is 1.79. The Morgan fingerprint density at radius 3 is 2.41 bits per heavy atom. The van der Waals surface area contributed by atoms with Gasteiger partial charge in [0, 0.05) is 32.9 Å². The molecule has 1 aliphatic rings. The molecule has 0 bridgehead atoms. The highest BCUT2D eigenvalue weighted by atomic mass is 35.5. The second-order valence-electron chi connectivity index (χ2n) is 8.94. The van der Waals surface area contributed by atoms with Crippen molar-refractivity contribution in [3.05, 3.63) is 40.3 Å². The number of likely N-dealkylation sites (tertiary alicyclic amines) is 1. The van der Waals surface area contributed by atoms with E-state index >= 15 is 0 Å². The van der Waals surface area contributed by atoms with E-state index in [2.05, 4.69) is 60.2 Å². The number of hydrogen-bond acceptors (Lipinski definition) is 5. The Kier molecular flexibility index (Phi) is 6.27. The summed E-state index contributed by atoms with van der Waals surface area (Å²) in [6, 6.07) is 5.16. The molecule has 2 aromatic rings. The van der Waals surface area contributed by atoms with Gasteiger partial charge >= 0.3 is 0 Å². The topological polar surface area (TPSA) is 53.1 Å². The molecule has 1 aromatic heterocycles. The first-order valence-corrected chi connectivity index (χ1v) is 10.5. The van der Waals surface area contributed by atoms with Crippen LogP contribution in [0, 0.1) is 5.82 Å². The van der Waals surface area contributed by atoms with Gasteiger partial charge in [-0.25, -0.2) is 9.37 Å². The van der Waals surface area contributed by atoms with Gasteiger partial charge in [0.05, 0.1) is 6.20 Å². The van der Waals surface area contributed by atoms with Crippen LogP contribution in [0.15, 0.2) is 24.4 Å². The third kappa shape index (κ3) is 5.30. The predicted octanol–water partition coefficient (Wildman–Crippen LogP) is 6.12. The Bertz CT molecular complexity index is 867. The first kappa shape index (κ1) is 22.1. The monoisotopic (exact) mass is 439 g/mol. The van der Waals surface area contributed by atoms with E-state index in [0.29, 0.717) is 15.7 Å². The van der Waals surface area contributed by atoms with Gasteiger partial charge in [-0.15, -0.1) is 0 Å². The summed E-state index contributed by atoms with van der Waals surface area (Å²) in [7, 11) is 2.16. The van der Waals surface area contributed by atoms with Crippen molar-refractivity contribution in [3.8, 4) is 0 Å². The van der Waals surface area contributed by atoms with Gasteiger partial charge in [-0.3, -0.25) is 4.90 Å². The number of nitrogens with one attached hydrogen (secondary N) is 2. The lowest BCUT2D eigenvalue weighted by Gasteiger charge is -2.44. The molecular formula is C21H28Cl2FN5. The normalized spacial score (nSPS) is 21.4. The van der Waals surface area contributed by atoms with E-state index in [4.69, 9.17) is 23.2 Å². The standard InChI is InChI=1S/C21H28Cl2FN5/c1-20(2)7-6-15(11-21(3,4)29(20)5)26-18-17(24)12-25-19(28-18)27-16-9-13(22)8-14(23)10-16/h8-10,12,15H,6-7,11H2,1-5H3,(H2,25,26,27,28). The van der Waals surface area contributed by atoms with Crippen LogP contribution in [-0.4, -0.2) is 39.0 Å². The fraction of sp³-hybridized carbons (Fsp3) is 0.524. The molecule has 1 aromatic carbocycles. The molecule has 0 amide bonds. The lowest BCUT2D eigenvalue weighted by Crippen LogP contribution is -2.52. The highest BCUT2D eigenvalue weighted by molar-refractivity contribution is 6.35. The van der Waals surface area contributed by atoms with Gasteiger partial charge in [0.25, 0.3) is 0 Å². The van der Waals surface area contributed by atoms with Crippen LogP contribution in [0.25, 0.3) is 0 Å². The molecule has 1 fully saturated rings. The minimum absolute atomic E-state index is 0.0280. The van der Waals surface area contributed by atoms with Crippen molar-refractivity contribution in [1.29, 1.82) is 0 Å². The lowest BCUT2D eigenvalue weighted by molar-refractivity contribution is 0.0488. The molecular weight excluding hydrogens is 412 g/mol. The molecule has 1 atom stereocenters. The van der Waals surface area contributed by atoms with Gasteiger partial charge in [-0.2, -0.15) is 4.98 Å². The summed E-state index contributed by atoms with van der Waals surface area (Å²) in [5, 5.41) is 7.33. The van der Waals surface area contributed by atoms with Crippen molar-refractivity contribution in [2.24, 2.45) is 0 Å². The van der Waals surface area contributed by atoms with Crippen molar-refractivity contribution in [1.82, 2.24) is 14.9 Å². The van der Waals surface area contributed by atoms with E-state index in [9.17, 15) is 4.39 Å². The minimum atomic E-state index is -0.477. The molecule has 2 N–H and O–H groups in total. The molecule has 2 heterocycles. The maximum Gasteiger partial charge on any atom is 0.229 e. The molecule has 1 unspecified atom stereocenters. The first-order valence-electron chi connectivity index (χ1n) is 9.72. The van der Waals surface area contributed by atoms with E-state index in [0.717, 1.165) is 19.3 Å². The van der Waals surface area contributed by atoms with Crippen molar-refractivity contribution < 1.29 is 4.39 Å². The molecule has 8 heteroatoms. The molecule has 1 saturated heterocycles. The zero-order valence-electron chi connectivity index (χ0n) is 17.5. The van der Waals surface area contributed by atoms with Crippen molar-refractivity contribution in [3.63, 3.8) is 0 Å². The molecule has 158 valence electrons. The molecule has 3 rings (SSSR count). The molecule has 1 aliphatic heterocycles. The SMILES string of the molecule is CN1C(C)(C)CCC(Nc2nc(Nc3cc(Cl)cc(Cl)c3)ncc2F)CC1(C)C. The summed E-state index contributed by atoms with van der Waals surface area (Å²) in [4.78, 5) is 10.8.